The van der Waals surface area contributed by atoms with E-state index in [-0.39, 0.29) is 36.1 Å². The molecule has 6 fully saturated rings. The summed E-state index contributed by atoms with van der Waals surface area (Å²) in [5.74, 6) is 1.35. The van der Waals surface area contributed by atoms with Crippen LogP contribution in [0, 0.1) is 57.7 Å². The minimum absolute atomic E-state index is 0.0271. The number of nitrogens with zero attached hydrogens (tertiary/aromatic N) is 4. The molecule has 8 rings (SSSR count). The van der Waals surface area contributed by atoms with Gasteiger partial charge in [-0.25, -0.2) is 4.79 Å². The highest BCUT2D eigenvalue weighted by atomic mass is 16.6. The van der Waals surface area contributed by atoms with Crippen LogP contribution in [0.5, 0.6) is 0 Å². The maximum atomic E-state index is 14.3. The fraction of sp³-hybridized carbons (Fsp3) is 0.783. The Morgan fingerprint density at radius 1 is 1.09 bits per heavy atom. The van der Waals surface area contributed by atoms with E-state index in [0.717, 1.165) is 83.1 Å². The van der Waals surface area contributed by atoms with Gasteiger partial charge in [-0.15, -0.1) is 0 Å². The predicted molar refractivity (Wildman–Crippen MR) is 215 cm³/mol. The van der Waals surface area contributed by atoms with Crippen molar-refractivity contribution in [3.63, 3.8) is 0 Å². The lowest BCUT2D eigenvalue weighted by atomic mass is 9.41. The zero-order valence-corrected chi connectivity index (χ0v) is 34.6. The number of aldehydes is 1. The number of hydrogen-bond acceptors (Lipinski definition) is 8. The summed E-state index contributed by atoms with van der Waals surface area (Å²) in [5, 5.41) is 11.7. The third-order valence-electron chi connectivity index (χ3n) is 16.7. The van der Waals surface area contributed by atoms with E-state index < -0.39 is 22.2 Å². The molecule has 0 spiro atoms. The molecule has 308 valence electrons. The molecule has 5 aliphatic carbocycles. The number of aromatic nitrogens is 1. The van der Waals surface area contributed by atoms with Gasteiger partial charge in [0.15, 0.2) is 0 Å². The Balaban J connectivity index is 0.983. The van der Waals surface area contributed by atoms with Crippen molar-refractivity contribution < 1.29 is 29.0 Å². The number of rotatable bonds is 15. The van der Waals surface area contributed by atoms with Gasteiger partial charge >= 0.3 is 12.1 Å². The van der Waals surface area contributed by atoms with E-state index in [0.29, 0.717) is 56.3 Å². The molecule has 10 heteroatoms. The molecule has 4 saturated carbocycles. The lowest BCUT2D eigenvalue weighted by Crippen LogP contribution is -2.65. The van der Waals surface area contributed by atoms with E-state index in [1.165, 1.54) is 31.2 Å². The van der Waals surface area contributed by atoms with E-state index >= 15 is 0 Å². The normalized spacial score (nSPS) is 38.1. The minimum Gasteiger partial charge on any atom is -0.481 e. The van der Waals surface area contributed by atoms with Crippen molar-refractivity contribution in [2.24, 2.45) is 57.7 Å². The van der Waals surface area contributed by atoms with Crippen LogP contribution in [0.2, 0.25) is 0 Å². The maximum absolute atomic E-state index is 14.3. The van der Waals surface area contributed by atoms with Crippen LogP contribution >= 0.6 is 0 Å². The average molecular weight is 773 g/mol. The predicted octanol–water partition coefficient (Wildman–Crippen LogP) is 7.33. The van der Waals surface area contributed by atoms with Crippen LogP contribution in [-0.2, 0) is 25.6 Å². The number of ether oxygens (including phenoxy) is 2. The number of pyridine rings is 1. The molecule has 3 unspecified atom stereocenters. The van der Waals surface area contributed by atoms with Crippen molar-refractivity contribution in [3.8, 4) is 0 Å². The Bertz CT molecular complexity index is 1610. The SMILES string of the molecule is CC[C@@H]1CC[C@@H]2[C@@H]1CC1([C@H]3C[C@H](CC4CCCC4)[C@H](CN(CC)CCOC(=O)N4CCN(Cc5cccnc5)CC4)O3)C3C=C(C(C)C)[C@]1(C(=O)O)C2(C=O)C3. The molecular weight excluding hydrogens is 705 g/mol. The van der Waals surface area contributed by atoms with Crippen molar-refractivity contribution in [1.29, 1.82) is 0 Å². The standard InChI is InChI=1S/C46H68N4O6/c1-5-34-13-14-38-37(34)26-45(36-24-39(31(3)4)46(45,42(52)53)44(38,25-36)30-51)41-23-35(22-32-10-7-8-11-32)40(56-41)29-48(6-2)20-21-55-43(54)50-18-16-49(17-19-50)28-33-12-9-15-47-27-33/h9,12,15,24,27,30-32,34-38,40-41H,5-8,10-11,13-14,16-23,25-26,28-29H2,1-4H3,(H,52,53)/t34-,35+,36?,37-,38-,40+,41-,44?,45?,46+/m1/s1. The van der Waals surface area contributed by atoms with Crippen LogP contribution in [0.4, 0.5) is 4.79 Å². The number of fused-ring (bicyclic) bond motifs is 2. The monoisotopic (exact) mass is 773 g/mol. The highest BCUT2D eigenvalue weighted by Gasteiger charge is 2.86. The van der Waals surface area contributed by atoms with Crippen LogP contribution in [0.1, 0.15) is 104 Å². The van der Waals surface area contributed by atoms with Gasteiger partial charge in [-0.3, -0.25) is 19.6 Å². The lowest BCUT2D eigenvalue weighted by molar-refractivity contribution is -0.198. The third kappa shape index (κ3) is 6.38. The summed E-state index contributed by atoms with van der Waals surface area (Å²) < 4.78 is 13.4. The number of hydrogen-bond donors (Lipinski definition) is 1. The highest BCUT2D eigenvalue weighted by Crippen LogP contribution is 2.84. The molecule has 1 N–H and O–H groups in total. The fourth-order valence-electron chi connectivity index (χ4n) is 14.3. The molecule has 10 nitrogen and oxygen atoms in total. The first-order valence-electron chi connectivity index (χ1n) is 22.4. The summed E-state index contributed by atoms with van der Waals surface area (Å²) in [7, 11) is 0. The second-order valence-electron chi connectivity index (χ2n) is 19.2. The van der Waals surface area contributed by atoms with Crippen LogP contribution in [0.15, 0.2) is 36.2 Å². The summed E-state index contributed by atoms with van der Waals surface area (Å²) in [4.78, 5) is 52.1. The molecule has 7 aliphatic rings. The number of aliphatic carboxylic acids is 1. The molecule has 10 atom stereocenters. The second-order valence-corrected chi connectivity index (χ2v) is 19.2. The number of carboxylic acid groups (broad SMARTS) is 1. The van der Waals surface area contributed by atoms with Crippen molar-refractivity contribution in [2.75, 3.05) is 52.4 Å². The van der Waals surface area contributed by atoms with Crippen molar-refractivity contribution in [3.05, 3.63) is 41.7 Å². The van der Waals surface area contributed by atoms with E-state index in [4.69, 9.17) is 9.47 Å². The van der Waals surface area contributed by atoms with Gasteiger partial charge in [0.05, 0.1) is 17.6 Å². The smallest absolute Gasteiger partial charge is 0.409 e. The highest BCUT2D eigenvalue weighted by molar-refractivity contribution is 5.90. The summed E-state index contributed by atoms with van der Waals surface area (Å²) in [5.41, 5.74) is -0.531. The molecule has 3 heterocycles. The molecule has 1 aromatic rings. The van der Waals surface area contributed by atoms with Crippen molar-refractivity contribution in [2.45, 2.75) is 117 Å². The number of carboxylic acids is 1. The zero-order chi connectivity index (χ0) is 39.2. The minimum atomic E-state index is -1.22. The van der Waals surface area contributed by atoms with Crippen LogP contribution in [-0.4, -0.2) is 108 Å². The first-order valence-corrected chi connectivity index (χ1v) is 22.4. The topological polar surface area (TPSA) is 113 Å². The number of allylic oxidation sites excluding steroid dienone is 1. The summed E-state index contributed by atoms with van der Waals surface area (Å²) >= 11 is 0. The first-order chi connectivity index (χ1) is 27.1. The summed E-state index contributed by atoms with van der Waals surface area (Å²) in [6.45, 7) is 15.0. The molecule has 0 aromatic carbocycles. The van der Waals surface area contributed by atoms with Gasteiger partial charge in [-0.1, -0.05) is 77.5 Å². The number of piperazine rings is 1. The van der Waals surface area contributed by atoms with E-state index in [2.05, 4.69) is 54.6 Å². The van der Waals surface area contributed by atoms with Crippen LogP contribution in [0.3, 0.4) is 0 Å². The van der Waals surface area contributed by atoms with Crippen molar-refractivity contribution in [1.82, 2.24) is 19.7 Å². The quantitative estimate of drug-likeness (QED) is 0.145. The molecule has 4 bridgehead atoms. The Morgan fingerprint density at radius 3 is 2.54 bits per heavy atom. The molecule has 56 heavy (non-hydrogen) atoms. The van der Waals surface area contributed by atoms with Crippen molar-refractivity contribution >= 4 is 18.3 Å². The van der Waals surface area contributed by atoms with Gasteiger partial charge in [0.1, 0.15) is 18.3 Å². The molecule has 2 aliphatic heterocycles. The average Bonchev–Trinajstić information content (AvgIpc) is 4.03. The van der Waals surface area contributed by atoms with Crippen LogP contribution < -0.4 is 0 Å². The zero-order valence-electron chi connectivity index (χ0n) is 34.6. The summed E-state index contributed by atoms with van der Waals surface area (Å²) in [6, 6.07) is 4.05. The largest absolute Gasteiger partial charge is 0.481 e. The van der Waals surface area contributed by atoms with E-state index in [1.807, 2.05) is 17.2 Å². The maximum Gasteiger partial charge on any atom is 0.409 e. The van der Waals surface area contributed by atoms with Gasteiger partial charge in [0.25, 0.3) is 0 Å². The van der Waals surface area contributed by atoms with Crippen LogP contribution in [0.25, 0.3) is 0 Å². The number of likely N-dealkylation sites (N-methyl/N-ethyl adjacent to an activating group) is 1. The molecule has 1 amide bonds. The first kappa shape index (κ1) is 40.0. The number of amides is 1. The third-order valence-corrected chi connectivity index (χ3v) is 16.7. The molecule has 2 saturated heterocycles. The van der Waals surface area contributed by atoms with Gasteiger partial charge in [0, 0.05) is 63.6 Å². The number of carbonyl (C=O) groups is 3. The second kappa shape index (κ2) is 16.1. The van der Waals surface area contributed by atoms with E-state index in [9.17, 15) is 19.5 Å². The summed E-state index contributed by atoms with van der Waals surface area (Å²) in [6.07, 6.45) is 18.4. The van der Waals surface area contributed by atoms with Gasteiger partial charge in [-0.2, -0.15) is 0 Å². The number of carbonyl (C=O) groups excluding carboxylic acids is 2. The Kier molecular flexibility index (Phi) is 11.5. The molecule has 0 radical (unpaired) electrons. The Hall–Kier alpha value is -2.82. The van der Waals surface area contributed by atoms with Gasteiger partial charge in [0.2, 0.25) is 0 Å². The molecular formula is C46H68N4O6. The fourth-order valence-corrected chi connectivity index (χ4v) is 14.3. The lowest BCUT2D eigenvalue weighted by Gasteiger charge is -2.60. The van der Waals surface area contributed by atoms with E-state index in [1.54, 1.807) is 6.20 Å². The van der Waals surface area contributed by atoms with Gasteiger partial charge < -0.3 is 24.3 Å². The molecule has 1 aromatic heterocycles. The Morgan fingerprint density at radius 2 is 1.88 bits per heavy atom. The van der Waals surface area contributed by atoms with Gasteiger partial charge in [-0.05, 0) is 98.1 Å². The Labute approximate surface area is 335 Å².